The van der Waals surface area contributed by atoms with E-state index in [1.54, 1.807) is 6.07 Å². The molecule has 3 rings (SSSR count). The summed E-state index contributed by atoms with van der Waals surface area (Å²) in [5.41, 5.74) is 2.90. The summed E-state index contributed by atoms with van der Waals surface area (Å²) in [4.78, 5) is 14.2. The van der Waals surface area contributed by atoms with Crippen LogP contribution < -0.4 is 14.8 Å². The average Bonchev–Trinajstić information content (AvgIpc) is 3.07. The van der Waals surface area contributed by atoms with E-state index in [1.807, 2.05) is 24.4 Å². The van der Waals surface area contributed by atoms with Crippen LogP contribution in [0.5, 0.6) is 11.5 Å². The maximum atomic E-state index is 11.3. The van der Waals surface area contributed by atoms with Gasteiger partial charge in [-0.05, 0) is 30.7 Å². The van der Waals surface area contributed by atoms with Gasteiger partial charge in [0.15, 0.2) is 11.5 Å². The van der Waals surface area contributed by atoms with Crippen molar-refractivity contribution in [3.8, 4) is 11.5 Å². The van der Waals surface area contributed by atoms with Crippen LogP contribution in [-0.4, -0.2) is 30.7 Å². The molecule has 0 atom stereocenters. The summed E-state index contributed by atoms with van der Waals surface area (Å²) >= 11 is 0. The minimum absolute atomic E-state index is 0.0160. The first kappa shape index (κ1) is 17.8. The van der Waals surface area contributed by atoms with Gasteiger partial charge in [0.2, 0.25) is 0 Å². The third-order valence-electron chi connectivity index (χ3n) is 4.34. The molecule has 136 valence electrons. The van der Waals surface area contributed by atoms with E-state index in [0.717, 1.165) is 11.9 Å². The van der Waals surface area contributed by atoms with Gasteiger partial charge in [0.25, 0.3) is 5.69 Å². The second kappa shape index (κ2) is 7.88. The lowest BCUT2D eigenvalue weighted by atomic mass is 10.1. The highest BCUT2D eigenvalue weighted by molar-refractivity contribution is 5.83. The summed E-state index contributed by atoms with van der Waals surface area (Å²) in [6.07, 6.45) is 2.83. The maximum absolute atomic E-state index is 11.3. The molecule has 7 nitrogen and oxygen atoms in total. The van der Waals surface area contributed by atoms with E-state index in [1.165, 1.54) is 31.2 Å². The van der Waals surface area contributed by atoms with Crippen LogP contribution in [0.25, 0.3) is 10.9 Å². The fraction of sp³-hybridized carbons (Fsp3) is 0.263. The number of nitro groups is 1. The molecule has 0 bridgehead atoms. The van der Waals surface area contributed by atoms with Crippen molar-refractivity contribution in [3.63, 3.8) is 0 Å². The van der Waals surface area contributed by atoms with Crippen LogP contribution in [0, 0.1) is 10.1 Å². The molecule has 26 heavy (non-hydrogen) atoms. The molecule has 2 aromatic carbocycles. The Bertz CT molecular complexity index is 920. The van der Waals surface area contributed by atoms with Gasteiger partial charge in [-0.25, -0.2) is 0 Å². The number of hydrogen-bond donors (Lipinski definition) is 2. The van der Waals surface area contributed by atoms with Crippen molar-refractivity contribution in [3.05, 3.63) is 63.8 Å². The lowest BCUT2D eigenvalue weighted by molar-refractivity contribution is -0.385. The normalized spacial score (nSPS) is 10.8. The number of hydrogen-bond acceptors (Lipinski definition) is 5. The van der Waals surface area contributed by atoms with Crippen LogP contribution in [0.4, 0.5) is 5.69 Å². The summed E-state index contributed by atoms with van der Waals surface area (Å²) in [6, 6.07) is 11.2. The first-order valence-electron chi connectivity index (χ1n) is 8.29. The standard InChI is InChI=1S/C19H21N3O4/c1-25-18-9-14(17(22(23)24)10-19(18)26-2)11-20-8-7-13-12-21-16-6-4-3-5-15(13)16/h3-6,9-10,12,20-21H,7-8,11H2,1-2H3. The van der Waals surface area contributed by atoms with Gasteiger partial charge >= 0.3 is 0 Å². The first-order valence-corrected chi connectivity index (χ1v) is 8.29. The molecule has 0 saturated heterocycles. The molecule has 0 aliphatic heterocycles. The average molecular weight is 355 g/mol. The summed E-state index contributed by atoms with van der Waals surface area (Å²) in [7, 11) is 2.97. The van der Waals surface area contributed by atoms with E-state index < -0.39 is 4.92 Å². The highest BCUT2D eigenvalue weighted by Gasteiger charge is 2.19. The molecule has 3 aromatic rings. The third-order valence-corrected chi connectivity index (χ3v) is 4.34. The Labute approximate surface area is 151 Å². The first-order chi connectivity index (χ1) is 12.6. The van der Waals surface area contributed by atoms with Gasteiger partial charge in [-0.1, -0.05) is 18.2 Å². The summed E-state index contributed by atoms with van der Waals surface area (Å²) in [5.74, 6) is 0.827. The number of H-pyrrole nitrogens is 1. The monoisotopic (exact) mass is 355 g/mol. The zero-order valence-electron chi connectivity index (χ0n) is 14.7. The fourth-order valence-electron chi connectivity index (χ4n) is 3.01. The van der Waals surface area contributed by atoms with Gasteiger partial charge in [0.1, 0.15) is 0 Å². The molecule has 2 N–H and O–H groups in total. The predicted molar refractivity (Wildman–Crippen MR) is 99.9 cm³/mol. The second-order valence-corrected chi connectivity index (χ2v) is 5.88. The zero-order chi connectivity index (χ0) is 18.5. The predicted octanol–water partition coefficient (Wildman–Crippen LogP) is 3.43. The quantitative estimate of drug-likeness (QED) is 0.367. The molecule has 0 spiro atoms. The Balaban J connectivity index is 1.68. The number of nitrogens with zero attached hydrogens (tertiary/aromatic N) is 1. The van der Waals surface area contributed by atoms with Crippen LogP contribution in [0.1, 0.15) is 11.1 Å². The van der Waals surface area contributed by atoms with Gasteiger partial charge in [0, 0.05) is 29.2 Å². The molecule has 0 saturated carbocycles. The fourth-order valence-corrected chi connectivity index (χ4v) is 3.01. The van der Waals surface area contributed by atoms with Crippen molar-refractivity contribution >= 4 is 16.6 Å². The van der Waals surface area contributed by atoms with Crippen molar-refractivity contribution in [2.24, 2.45) is 0 Å². The van der Waals surface area contributed by atoms with Gasteiger partial charge in [-0.2, -0.15) is 0 Å². The number of ether oxygens (including phenoxy) is 2. The molecular weight excluding hydrogens is 334 g/mol. The van der Waals surface area contributed by atoms with Crippen LogP contribution in [0.15, 0.2) is 42.6 Å². The smallest absolute Gasteiger partial charge is 0.277 e. The Kier molecular flexibility index (Phi) is 5.38. The van der Waals surface area contributed by atoms with Gasteiger partial charge in [-0.3, -0.25) is 10.1 Å². The molecular formula is C19H21N3O4. The van der Waals surface area contributed by atoms with Crippen molar-refractivity contribution in [1.29, 1.82) is 0 Å². The molecule has 0 unspecified atom stereocenters. The number of nitrogens with one attached hydrogen (secondary N) is 2. The molecule has 0 aliphatic rings. The maximum Gasteiger partial charge on any atom is 0.277 e. The van der Waals surface area contributed by atoms with E-state index in [4.69, 9.17) is 9.47 Å². The number of aromatic nitrogens is 1. The molecule has 7 heteroatoms. The van der Waals surface area contributed by atoms with E-state index in [-0.39, 0.29) is 5.69 Å². The van der Waals surface area contributed by atoms with E-state index in [2.05, 4.69) is 16.4 Å². The van der Waals surface area contributed by atoms with Crippen LogP contribution in [0.3, 0.4) is 0 Å². The minimum Gasteiger partial charge on any atom is -0.493 e. The number of aromatic amines is 1. The lowest BCUT2D eigenvalue weighted by Gasteiger charge is -2.11. The van der Waals surface area contributed by atoms with Crippen LogP contribution in [-0.2, 0) is 13.0 Å². The Hall–Kier alpha value is -3.06. The number of nitro benzene ring substituents is 1. The van der Waals surface area contributed by atoms with Crippen LogP contribution >= 0.6 is 0 Å². The molecule has 0 radical (unpaired) electrons. The second-order valence-electron chi connectivity index (χ2n) is 5.88. The summed E-state index contributed by atoms with van der Waals surface area (Å²) in [6.45, 7) is 1.08. The van der Waals surface area contributed by atoms with Crippen molar-refractivity contribution in [1.82, 2.24) is 10.3 Å². The minimum atomic E-state index is -0.404. The lowest BCUT2D eigenvalue weighted by Crippen LogP contribution is -2.17. The zero-order valence-corrected chi connectivity index (χ0v) is 14.7. The van der Waals surface area contributed by atoms with Crippen molar-refractivity contribution < 1.29 is 14.4 Å². The SMILES string of the molecule is COc1cc(CNCCc2c[nH]c3ccccc23)c([N+](=O)[O-])cc1OC. The van der Waals surface area contributed by atoms with E-state index >= 15 is 0 Å². The Morgan fingerprint density at radius 1 is 1.12 bits per heavy atom. The van der Waals surface area contributed by atoms with Gasteiger partial charge in [-0.15, -0.1) is 0 Å². The van der Waals surface area contributed by atoms with Crippen molar-refractivity contribution in [2.75, 3.05) is 20.8 Å². The van der Waals surface area contributed by atoms with Gasteiger partial charge < -0.3 is 19.8 Å². The summed E-state index contributed by atoms with van der Waals surface area (Å²) < 4.78 is 10.4. The number of fused-ring (bicyclic) bond motifs is 1. The molecule has 1 aromatic heterocycles. The topological polar surface area (TPSA) is 89.4 Å². The molecule has 1 heterocycles. The number of rotatable bonds is 8. The van der Waals surface area contributed by atoms with Gasteiger partial charge in [0.05, 0.1) is 25.2 Å². The highest BCUT2D eigenvalue weighted by atomic mass is 16.6. The van der Waals surface area contributed by atoms with E-state index in [0.29, 0.717) is 30.2 Å². The summed E-state index contributed by atoms with van der Waals surface area (Å²) in [5, 5.41) is 15.8. The Morgan fingerprint density at radius 3 is 2.58 bits per heavy atom. The van der Waals surface area contributed by atoms with Crippen LogP contribution in [0.2, 0.25) is 0 Å². The number of benzene rings is 2. The Morgan fingerprint density at radius 2 is 1.85 bits per heavy atom. The molecule has 0 fully saturated rings. The van der Waals surface area contributed by atoms with Crippen molar-refractivity contribution in [2.45, 2.75) is 13.0 Å². The molecule has 0 amide bonds. The van der Waals surface area contributed by atoms with E-state index in [9.17, 15) is 10.1 Å². The number of para-hydroxylation sites is 1. The molecule has 0 aliphatic carbocycles. The largest absolute Gasteiger partial charge is 0.493 e. The third kappa shape index (κ3) is 3.62. The highest BCUT2D eigenvalue weighted by Crippen LogP contribution is 2.34. The number of methoxy groups -OCH3 is 2.